The molecule has 0 saturated carbocycles. The van der Waals surface area contributed by atoms with Gasteiger partial charge in [0.15, 0.2) is 22.8 Å². The monoisotopic (exact) mass is 339 g/mol. The number of hydrogen-bond donors (Lipinski definition) is 1. The van der Waals surface area contributed by atoms with Gasteiger partial charge in [-0.3, -0.25) is 0 Å². The Bertz CT molecular complexity index is 571. The van der Waals surface area contributed by atoms with Crippen molar-refractivity contribution in [3.05, 3.63) is 18.2 Å². The number of halogens is 1. The van der Waals surface area contributed by atoms with Crippen LogP contribution in [0.2, 0.25) is 0 Å². The van der Waals surface area contributed by atoms with E-state index in [0.29, 0.717) is 5.82 Å². The van der Waals surface area contributed by atoms with Crippen molar-refractivity contribution in [3.8, 4) is 0 Å². The number of oxime groups is 1. The Hall–Kier alpha value is -1.12. The first-order valence-corrected chi connectivity index (χ1v) is 8.33. The number of imidazole rings is 1. The summed E-state index contributed by atoms with van der Waals surface area (Å²) in [5.74, 6) is 0.675. The summed E-state index contributed by atoms with van der Waals surface area (Å²) in [5.41, 5.74) is 0. The summed E-state index contributed by atoms with van der Waals surface area (Å²) in [7, 11) is -3.13. The van der Waals surface area contributed by atoms with E-state index in [1.54, 1.807) is 24.6 Å². The minimum absolute atomic E-state index is 0. The van der Waals surface area contributed by atoms with Gasteiger partial charge in [-0.2, -0.15) is 0 Å². The van der Waals surface area contributed by atoms with E-state index >= 15 is 0 Å². The van der Waals surface area contributed by atoms with Gasteiger partial charge >= 0.3 is 5.82 Å². The molecule has 0 spiro atoms. The summed E-state index contributed by atoms with van der Waals surface area (Å²) in [6.07, 6.45) is 5.71. The van der Waals surface area contributed by atoms with Gasteiger partial charge in [0.1, 0.15) is 12.4 Å². The summed E-state index contributed by atoms with van der Waals surface area (Å²) < 4.78 is 32.1. The van der Waals surface area contributed by atoms with Crippen LogP contribution < -0.4 is 17.0 Å². The number of hydrogen-bond acceptors (Lipinski definition) is 5. The molecule has 21 heavy (non-hydrogen) atoms. The minimum atomic E-state index is -3.13. The highest BCUT2D eigenvalue weighted by atomic mass is 35.5. The highest BCUT2D eigenvalue weighted by molar-refractivity contribution is 7.91. The van der Waals surface area contributed by atoms with Crippen LogP contribution in [0.1, 0.15) is 26.6 Å². The molecule has 1 N–H and O–H groups in total. The van der Waals surface area contributed by atoms with E-state index in [4.69, 9.17) is 9.94 Å². The fourth-order valence-electron chi connectivity index (χ4n) is 1.74. The van der Waals surface area contributed by atoms with Crippen LogP contribution in [0.25, 0.3) is 0 Å². The van der Waals surface area contributed by atoms with Gasteiger partial charge in [-0.05, 0) is 20.8 Å². The lowest BCUT2D eigenvalue weighted by Gasteiger charge is -2.17. The quantitative estimate of drug-likeness (QED) is 0.255. The molecule has 0 aliphatic heterocycles. The van der Waals surface area contributed by atoms with Crippen molar-refractivity contribution in [3.63, 3.8) is 0 Å². The van der Waals surface area contributed by atoms with Gasteiger partial charge in [-0.25, -0.2) is 17.6 Å². The van der Waals surface area contributed by atoms with Crippen LogP contribution in [0.4, 0.5) is 0 Å². The van der Waals surface area contributed by atoms with Gasteiger partial charge in [-0.15, -0.1) is 0 Å². The lowest BCUT2D eigenvalue weighted by Crippen LogP contribution is -3.00. The Morgan fingerprint density at radius 1 is 1.52 bits per heavy atom. The molecule has 0 amide bonds. The van der Waals surface area contributed by atoms with Crippen LogP contribution in [0, 0.1) is 0 Å². The zero-order valence-corrected chi connectivity index (χ0v) is 14.2. The zero-order chi connectivity index (χ0) is 15.3. The minimum Gasteiger partial charge on any atom is -1.00 e. The molecule has 122 valence electrons. The van der Waals surface area contributed by atoms with Gasteiger partial charge in [0.25, 0.3) is 0 Å². The first-order chi connectivity index (χ1) is 9.31. The summed E-state index contributed by atoms with van der Waals surface area (Å²) >= 11 is 0. The van der Waals surface area contributed by atoms with E-state index in [1.165, 1.54) is 12.5 Å². The summed E-state index contributed by atoms with van der Waals surface area (Å²) in [6, 6.07) is 0. The van der Waals surface area contributed by atoms with Crippen LogP contribution in [-0.4, -0.2) is 42.0 Å². The Balaban J connectivity index is 0.00000400. The Morgan fingerprint density at radius 2 is 2.14 bits per heavy atom. The molecule has 0 aromatic carbocycles. The Kier molecular flexibility index (Phi) is 7.91. The van der Waals surface area contributed by atoms with Gasteiger partial charge in [0.05, 0.1) is 17.9 Å². The molecule has 9 heteroatoms. The van der Waals surface area contributed by atoms with Crippen LogP contribution in [0.15, 0.2) is 17.5 Å². The van der Waals surface area contributed by atoms with Crippen molar-refractivity contribution in [2.24, 2.45) is 5.16 Å². The molecule has 7 nitrogen and oxygen atoms in total. The van der Waals surface area contributed by atoms with Crippen molar-refractivity contribution in [2.45, 2.75) is 45.4 Å². The molecule has 0 radical (unpaired) electrons. The molecule has 1 rings (SSSR count). The number of rotatable bonds is 7. The molecule has 0 aliphatic carbocycles. The van der Waals surface area contributed by atoms with E-state index < -0.39 is 21.2 Å². The summed E-state index contributed by atoms with van der Waals surface area (Å²) in [4.78, 5) is 0. The number of aromatic nitrogens is 2. The van der Waals surface area contributed by atoms with Crippen molar-refractivity contribution in [1.29, 1.82) is 0 Å². The molecule has 0 fully saturated rings. The first-order valence-electron chi connectivity index (χ1n) is 6.37. The van der Waals surface area contributed by atoms with Crippen LogP contribution in [0.5, 0.6) is 0 Å². The van der Waals surface area contributed by atoms with E-state index in [0.717, 1.165) is 6.54 Å². The normalized spacial score (nSPS) is 14.9. The molecule has 2 unspecified atom stereocenters. The van der Waals surface area contributed by atoms with Crippen LogP contribution >= 0.6 is 0 Å². The topological polar surface area (TPSA) is 84.8 Å². The average Bonchev–Trinajstić information content (AvgIpc) is 2.76. The van der Waals surface area contributed by atoms with Crippen molar-refractivity contribution >= 4 is 16.1 Å². The highest BCUT2D eigenvalue weighted by Gasteiger charge is 2.24. The lowest BCUT2D eigenvalue weighted by atomic mass is 10.3. The second-order valence-corrected chi connectivity index (χ2v) is 7.09. The predicted molar refractivity (Wildman–Crippen MR) is 74.5 cm³/mol. The van der Waals surface area contributed by atoms with Gasteiger partial charge in [-0.1, -0.05) is 5.16 Å². The summed E-state index contributed by atoms with van der Waals surface area (Å²) in [6.45, 7) is 6.23. The fourth-order valence-corrected chi connectivity index (χ4v) is 2.51. The third kappa shape index (κ3) is 5.29. The number of aryl methyl sites for hydroxylation is 1. The molecule has 0 aliphatic rings. The maximum atomic E-state index is 11.5. The molecule has 1 heterocycles. The number of sulfone groups is 1. The largest absolute Gasteiger partial charge is 1.00 e. The van der Waals surface area contributed by atoms with Crippen molar-refractivity contribution < 1.29 is 35.3 Å². The lowest BCUT2D eigenvalue weighted by molar-refractivity contribution is -0.734. The highest BCUT2D eigenvalue weighted by Crippen LogP contribution is 2.07. The van der Waals surface area contributed by atoms with E-state index in [-0.39, 0.29) is 19.1 Å². The maximum Gasteiger partial charge on any atom is 0.305 e. The predicted octanol–water partition coefficient (Wildman–Crippen LogP) is -2.60. The number of nitrogens with zero attached hydrogens (tertiary/aromatic N) is 3. The van der Waals surface area contributed by atoms with Crippen molar-refractivity contribution in [1.82, 2.24) is 4.57 Å². The van der Waals surface area contributed by atoms with Gasteiger partial charge < -0.3 is 22.4 Å². The smallest absolute Gasteiger partial charge is 0.305 e. The van der Waals surface area contributed by atoms with Crippen molar-refractivity contribution in [2.75, 3.05) is 6.26 Å². The molecule has 0 bridgehead atoms. The standard InChI is InChI=1S/C12H21N3O4S.ClH/c1-5-14-6-7-15(12(14)8-13-16)9-19-10(2)11(3)20(4,17)18;/h6-8,10-11H,5,9H2,1-4H3;1H. The molecule has 0 saturated heterocycles. The van der Waals surface area contributed by atoms with E-state index in [9.17, 15) is 8.42 Å². The molecule has 2 atom stereocenters. The average molecular weight is 340 g/mol. The Labute approximate surface area is 131 Å². The van der Waals surface area contributed by atoms with E-state index in [2.05, 4.69) is 5.16 Å². The third-order valence-corrected chi connectivity index (χ3v) is 5.08. The van der Waals surface area contributed by atoms with Crippen LogP contribution in [-0.2, 0) is 27.8 Å². The Morgan fingerprint density at radius 3 is 2.62 bits per heavy atom. The second-order valence-electron chi connectivity index (χ2n) is 4.69. The van der Waals surface area contributed by atoms with E-state index in [1.807, 2.05) is 17.7 Å². The maximum absolute atomic E-state index is 11.5. The number of ether oxygens (including phenoxy) is 1. The molecular formula is C12H22ClN3O4S. The van der Waals surface area contributed by atoms with Crippen LogP contribution in [0.3, 0.4) is 0 Å². The van der Waals surface area contributed by atoms with Gasteiger partial charge in [0, 0.05) is 6.26 Å². The third-order valence-electron chi connectivity index (χ3n) is 3.34. The molecule has 1 aromatic heterocycles. The zero-order valence-electron chi connectivity index (χ0n) is 12.6. The first kappa shape index (κ1) is 19.9. The van der Waals surface area contributed by atoms with Gasteiger partial charge in [0.2, 0.25) is 0 Å². The SMILES string of the molecule is CCn1cc[n+](COC(C)C(C)S(C)(=O)=O)c1/C=N/O.[Cl-]. The fraction of sp³-hybridized carbons (Fsp3) is 0.667. The summed E-state index contributed by atoms with van der Waals surface area (Å²) in [5, 5.41) is 11.1. The second kappa shape index (κ2) is 8.35. The molecular weight excluding hydrogens is 318 g/mol. The molecule has 1 aromatic rings.